The van der Waals surface area contributed by atoms with Crippen molar-refractivity contribution < 1.29 is 19.4 Å². The zero-order valence-electron chi connectivity index (χ0n) is 21.3. The molecule has 1 aliphatic rings. The molecule has 0 atom stereocenters. The smallest absolute Gasteiger partial charge is 0.407 e. The number of aromatic nitrogens is 2. The number of hydrogen-bond acceptors (Lipinski definition) is 7. The number of alkyl carbamates (subject to hydrolysis) is 1. The average Bonchev–Trinajstić information content (AvgIpc) is 3.26. The molecule has 1 saturated heterocycles. The Kier molecular flexibility index (Phi) is 7.92. The molecule has 2 aromatic heterocycles. The molecule has 3 aromatic rings. The van der Waals surface area contributed by atoms with Crippen LogP contribution in [0, 0.1) is 0 Å². The van der Waals surface area contributed by atoms with Crippen LogP contribution in [0.5, 0.6) is 5.75 Å². The lowest BCUT2D eigenvalue weighted by atomic mass is 10.1. The molecule has 4 rings (SSSR count). The topological polar surface area (TPSA) is 91.6 Å². The van der Waals surface area contributed by atoms with E-state index >= 15 is 0 Å². The number of imidazole rings is 1. The van der Waals surface area contributed by atoms with E-state index in [9.17, 15) is 9.90 Å². The van der Waals surface area contributed by atoms with Crippen molar-refractivity contribution >= 4 is 29.0 Å². The lowest BCUT2D eigenvalue weighted by Crippen LogP contribution is -2.48. The molecule has 0 aliphatic carbocycles. The molecule has 0 unspecified atom stereocenters. The largest absolute Gasteiger partial charge is 0.495 e. The highest BCUT2D eigenvalue weighted by Gasteiger charge is 2.20. The number of ether oxygens (including phenoxy) is 2. The van der Waals surface area contributed by atoms with E-state index in [4.69, 9.17) is 26.1 Å². The van der Waals surface area contributed by atoms with Gasteiger partial charge < -0.3 is 29.2 Å². The third-order valence-corrected chi connectivity index (χ3v) is 6.40. The van der Waals surface area contributed by atoms with Crippen molar-refractivity contribution in [3.05, 3.63) is 47.2 Å². The predicted molar refractivity (Wildman–Crippen MR) is 141 cm³/mol. The number of anilines is 1. The van der Waals surface area contributed by atoms with Crippen molar-refractivity contribution in [2.75, 3.05) is 51.3 Å². The molecule has 1 aromatic carbocycles. The number of carbonyl (C=O) groups excluding carboxylic acids is 1. The number of carbonyl (C=O) groups is 1. The highest BCUT2D eigenvalue weighted by molar-refractivity contribution is 6.32. The van der Waals surface area contributed by atoms with Gasteiger partial charge in [-0.25, -0.2) is 9.78 Å². The van der Waals surface area contributed by atoms with E-state index in [2.05, 4.69) is 27.2 Å². The Morgan fingerprint density at radius 1 is 1.19 bits per heavy atom. The fourth-order valence-electron chi connectivity index (χ4n) is 4.28. The molecular weight excluding hydrogens is 482 g/mol. The Labute approximate surface area is 216 Å². The number of pyridine rings is 1. The molecular formula is C26H34ClN5O4. The van der Waals surface area contributed by atoms with Gasteiger partial charge in [0.25, 0.3) is 0 Å². The summed E-state index contributed by atoms with van der Waals surface area (Å²) in [5.74, 6) is 0.523. The molecule has 36 heavy (non-hydrogen) atoms. The SMILES string of the molecule is COc1cc(CO)c(-c2cn3ccc(N4CCN(CCNC(=O)OC(C)(C)C)CC4)cc3n2)cc1Cl. The number of nitrogens with one attached hydrogen (secondary N) is 1. The number of piperazine rings is 1. The van der Waals surface area contributed by atoms with Gasteiger partial charge in [-0.1, -0.05) is 11.6 Å². The molecule has 0 saturated carbocycles. The van der Waals surface area contributed by atoms with Crippen LogP contribution in [0.4, 0.5) is 10.5 Å². The van der Waals surface area contributed by atoms with Crippen molar-refractivity contribution in [2.24, 2.45) is 0 Å². The fraction of sp³-hybridized carbons (Fsp3) is 0.462. The van der Waals surface area contributed by atoms with Gasteiger partial charge in [0.1, 0.15) is 17.0 Å². The summed E-state index contributed by atoms with van der Waals surface area (Å²) in [6, 6.07) is 7.69. The van der Waals surface area contributed by atoms with Crippen LogP contribution in [0.25, 0.3) is 16.9 Å². The molecule has 194 valence electrons. The van der Waals surface area contributed by atoms with Gasteiger partial charge in [0.2, 0.25) is 0 Å². The minimum Gasteiger partial charge on any atom is -0.495 e. The van der Waals surface area contributed by atoms with Crippen LogP contribution in [-0.2, 0) is 11.3 Å². The van der Waals surface area contributed by atoms with Crippen LogP contribution >= 0.6 is 11.6 Å². The number of methoxy groups -OCH3 is 1. The number of benzene rings is 1. The number of nitrogens with zero attached hydrogens (tertiary/aromatic N) is 4. The summed E-state index contributed by atoms with van der Waals surface area (Å²) >= 11 is 6.34. The zero-order chi connectivity index (χ0) is 25.9. The lowest BCUT2D eigenvalue weighted by Gasteiger charge is -2.36. The Bertz CT molecular complexity index is 1220. The minimum absolute atomic E-state index is 0.139. The van der Waals surface area contributed by atoms with Gasteiger partial charge in [0.05, 0.1) is 24.4 Å². The van der Waals surface area contributed by atoms with Crippen LogP contribution < -0.4 is 15.0 Å². The first-order chi connectivity index (χ1) is 17.2. The first-order valence-corrected chi connectivity index (χ1v) is 12.4. The van der Waals surface area contributed by atoms with Crippen molar-refractivity contribution in [3.8, 4) is 17.0 Å². The molecule has 1 aliphatic heterocycles. The van der Waals surface area contributed by atoms with Gasteiger partial charge in [-0.2, -0.15) is 0 Å². The van der Waals surface area contributed by atoms with Gasteiger partial charge in [-0.3, -0.25) is 4.90 Å². The second kappa shape index (κ2) is 10.9. The van der Waals surface area contributed by atoms with E-state index in [0.717, 1.165) is 55.3 Å². The second-order valence-corrected chi connectivity index (χ2v) is 10.2. The molecule has 1 fully saturated rings. The molecule has 9 nitrogen and oxygen atoms in total. The molecule has 0 radical (unpaired) electrons. The van der Waals surface area contributed by atoms with Crippen molar-refractivity contribution in [2.45, 2.75) is 33.0 Å². The minimum atomic E-state index is -0.491. The molecule has 10 heteroatoms. The third kappa shape index (κ3) is 6.21. The van der Waals surface area contributed by atoms with E-state index < -0.39 is 5.60 Å². The quantitative estimate of drug-likeness (QED) is 0.494. The van der Waals surface area contributed by atoms with Crippen LogP contribution in [0.15, 0.2) is 36.7 Å². The monoisotopic (exact) mass is 515 g/mol. The van der Waals surface area contributed by atoms with Crippen LogP contribution in [0.3, 0.4) is 0 Å². The lowest BCUT2D eigenvalue weighted by molar-refractivity contribution is 0.0521. The first kappa shape index (κ1) is 26.1. The van der Waals surface area contributed by atoms with E-state index in [-0.39, 0.29) is 12.7 Å². The van der Waals surface area contributed by atoms with Crippen LogP contribution in [0.2, 0.25) is 5.02 Å². The summed E-state index contributed by atoms with van der Waals surface area (Å²) in [5.41, 5.74) is 3.67. The summed E-state index contributed by atoms with van der Waals surface area (Å²) in [6.07, 6.45) is 3.56. The van der Waals surface area contributed by atoms with Crippen molar-refractivity contribution in [1.29, 1.82) is 0 Å². The summed E-state index contributed by atoms with van der Waals surface area (Å²) in [4.78, 5) is 21.3. The zero-order valence-corrected chi connectivity index (χ0v) is 22.0. The molecule has 3 heterocycles. The number of aliphatic hydroxyl groups excluding tert-OH is 1. The van der Waals surface area contributed by atoms with Crippen LogP contribution in [-0.4, -0.2) is 77.5 Å². The number of aliphatic hydroxyl groups is 1. The number of halogens is 1. The normalized spacial score (nSPS) is 14.8. The number of hydrogen-bond donors (Lipinski definition) is 2. The summed E-state index contributed by atoms with van der Waals surface area (Å²) in [7, 11) is 1.55. The Morgan fingerprint density at radius 3 is 2.61 bits per heavy atom. The number of fused-ring (bicyclic) bond motifs is 1. The molecule has 1 amide bonds. The maximum Gasteiger partial charge on any atom is 0.407 e. The Morgan fingerprint density at radius 2 is 1.94 bits per heavy atom. The van der Waals surface area contributed by atoms with Gasteiger partial charge in [0.15, 0.2) is 0 Å². The first-order valence-electron chi connectivity index (χ1n) is 12.1. The molecule has 0 bridgehead atoms. The maximum atomic E-state index is 11.8. The molecule has 2 N–H and O–H groups in total. The van der Waals surface area contributed by atoms with Crippen LogP contribution in [0.1, 0.15) is 26.3 Å². The predicted octanol–water partition coefficient (Wildman–Crippen LogP) is 3.80. The fourth-order valence-corrected chi connectivity index (χ4v) is 4.52. The maximum absolute atomic E-state index is 11.8. The number of amides is 1. The van der Waals surface area contributed by atoms with Gasteiger partial charge in [-0.15, -0.1) is 0 Å². The van der Waals surface area contributed by atoms with Crippen molar-refractivity contribution in [3.63, 3.8) is 0 Å². The molecule has 0 spiro atoms. The average molecular weight is 516 g/mol. The summed E-state index contributed by atoms with van der Waals surface area (Å²) in [6.45, 7) is 10.4. The second-order valence-electron chi connectivity index (χ2n) is 9.84. The van der Waals surface area contributed by atoms with Crippen molar-refractivity contribution in [1.82, 2.24) is 19.6 Å². The Hall–Kier alpha value is -3.01. The number of rotatable bonds is 7. The summed E-state index contributed by atoms with van der Waals surface area (Å²) < 4.78 is 12.5. The summed E-state index contributed by atoms with van der Waals surface area (Å²) in [5, 5.41) is 13.2. The van der Waals surface area contributed by atoms with E-state index in [1.807, 2.05) is 37.6 Å². The van der Waals surface area contributed by atoms with Gasteiger partial charge in [-0.05, 0) is 44.5 Å². The van der Waals surface area contributed by atoms with Gasteiger partial charge >= 0.3 is 6.09 Å². The highest BCUT2D eigenvalue weighted by atomic mass is 35.5. The van der Waals surface area contributed by atoms with E-state index in [1.165, 1.54) is 0 Å². The third-order valence-electron chi connectivity index (χ3n) is 6.10. The van der Waals surface area contributed by atoms with Gasteiger partial charge in [0, 0.05) is 69.0 Å². The Balaban J connectivity index is 1.38. The highest BCUT2D eigenvalue weighted by Crippen LogP contribution is 2.34. The van der Waals surface area contributed by atoms with E-state index in [1.54, 1.807) is 19.2 Å². The van der Waals surface area contributed by atoms with E-state index in [0.29, 0.717) is 22.9 Å². The standard InChI is InChI=1S/C26H34ClN5O4/c1-26(2,3)36-25(34)28-6-8-30-9-11-31(12-10-30)19-5-7-32-16-22(29-24(32)14-19)20-15-21(27)23(35-4)13-18(20)17-33/h5,7,13-16,33H,6,8-12,17H2,1-4H3,(H,28,34).